The number of aromatic nitrogens is 1. The number of hydrogen-bond acceptors (Lipinski definition) is 5. The van der Waals surface area contributed by atoms with E-state index in [-0.39, 0.29) is 23.8 Å². The molecule has 0 atom stereocenters. The molecule has 4 saturated carbocycles. The molecule has 142 valence electrons. The quantitative estimate of drug-likeness (QED) is 0.793. The number of carbonyl (C=O) groups excluding carboxylic acids is 2. The Morgan fingerprint density at radius 1 is 1.27 bits per heavy atom. The lowest BCUT2D eigenvalue weighted by Gasteiger charge is -2.56. The summed E-state index contributed by atoms with van der Waals surface area (Å²) in [6.07, 6.45) is 8.59. The summed E-state index contributed by atoms with van der Waals surface area (Å²) in [6.45, 7) is 0.981. The Morgan fingerprint density at radius 3 is 2.46 bits per heavy atom. The van der Waals surface area contributed by atoms with Gasteiger partial charge in [-0.1, -0.05) is 0 Å². The molecule has 0 saturated heterocycles. The summed E-state index contributed by atoms with van der Waals surface area (Å²) < 4.78 is 5.19. The van der Waals surface area contributed by atoms with Crippen LogP contribution in [0, 0.1) is 23.2 Å². The van der Waals surface area contributed by atoms with Gasteiger partial charge in [0.1, 0.15) is 6.54 Å². The molecule has 4 bridgehead atoms. The molecule has 26 heavy (non-hydrogen) atoms. The zero-order chi connectivity index (χ0) is 18.1. The third-order valence-electron chi connectivity index (χ3n) is 6.36. The van der Waals surface area contributed by atoms with Gasteiger partial charge in [0.25, 0.3) is 0 Å². The first-order valence-corrected chi connectivity index (χ1v) is 10.4. The number of thiazole rings is 1. The van der Waals surface area contributed by atoms with Gasteiger partial charge in [0, 0.05) is 25.2 Å². The summed E-state index contributed by atoms with van der Waals surface area (Å²) in [4.78, 5) is 31.8. The van der Waals surface area contributed by atoms with Gasteiger partial charge in [0.15, 0.2) is 5.13 Å². The second-order valence-corrected chi connectivity index (χ2v) is 9.20. The van der Waals surface area contributed by atoms with E-state index in [1.807, 2.05) is 5.38 Å². The van der Waals surface area contributed by atoms with Crippen LogP contribution in [-0.2, 0) is 14.3 Å². The number of rotatable bonds is 7. The van der Waals surface area contributed by atoms with E-state index in [1.54, 1.807) is 18.2 Å². The van der Waals surface area contributed by atoms with Crippen LogP contribution in [0.1, 0.15) is 38.5 Å². The summed E-state index contributed by atoms with van der Waals surface area (Å²) >= 11 is 1.38. The van der Waals surface area contributed by atoms with E-state index in [0.29, 0.717) is 36.0 Å². The van der Waals surface area contributed by atoms with Gasteiger partial charge in [0.05, 0.1) is 12.0 Å². The molecule has 6 nitrogen and oxygen atoms in total. The highest BCUT2D eigenvalue weighted by atomic mass is 32.1. The molecule has 4 fully saturated rings. The van der Waals surface area contributed by atoms with Crippen molar-refractivity contribution < 1.29 is 14.3 Å². The summed E-state index contributed by atoms with van der Waals surface area (Å²) in [7, 11) is 1.63. The molecule has 4 aliphatic carbocycles. The lowest BCUT2D eigenvalue weighted by atomic mass is 9.49. The number of nitrogens with zero attached hydrogens (tertiary/aromatic N) is 2. The van der Waals surface area contributed by atoms with Crippen LogP contribution in [0.4, 0.5) is 5.13 Å². The molecule has 0 aliphatic heterocycles. The lowest BCUT2D eigenvalue weighted by molar-refractivity contribution is -0.159. The predicted octanol–water partition coefficient (Wildman–Crippen LogP) is 2.77. The van der Waals surface area contributed by atoms with E-state index in [1.165, 1.54) is 30.6 Å². The van der Waals surface area contributed by atoms with E-state index in [0.717, 1.165) is 19.3 Å². The van der Waals surface area contributed by atoms with E-state index in [9.17, 15) is 9.59 Å². The minimum absolute atomic E-state index is 0.0729. The van der Waals surface area contributed by atoms with Crippen LogP contribution < -0.4 is 5.32 Å². The highest BCUT2D eigenvalue weighted by molar-refractivity contribution is 7.13. The summed E-state index contributed by atoms with van der Waals surface area (Å²) in [6, 6.07) is 0. The molecule has 1 aromatic rings. The first-order chi connectivity index (χ1) is 12.6. The fourth-order valence-corrected chi connectivity index (χ4v) is 6.32. The molecule has 0 unspecified atom stereocenters. The Labute approximate surface area is 158 Å². The van der Waals surface area contributed by atoms with Gasteiger partial charge < -0.3 is 15.0 Å². The molecular formula is C19H27N3O3S. The Balaban J connectivity index is 1.47. The number of hydrogen-bond donors (Lipinski definition) is 1. The van der Waals surface area contributed by atoms with Crippen LogP contribution in [0.2, 0.25) is 0 Å². The van der Waals surface area contributed by atoms with Crippen molar-refractivity contribution in [3.05, 3.63) is 11.6 Å². The van der Waals surface area contributed by atoms with Gasteiger partial charge in [-0.3, -0.25) is 9.59 Å². The van der Waals surface area contributed by atoms with Crippen molar-refractivity contribution >= 4 is 28.3 Å². The van der Waals surface area contributed by atoms with Crippen molar-refractivity contribution in [2.75, 3.05) is 32.1 Å². The first kappa shape index (κ1) is 17.9. The summed E-state index contributed by atoms with van der Waals surface area (Å²) in [5.74, 6) is 2.10. The normalized spacial score (nSPS) is 31.8. The molecule has 5 rings (SSSR count). The van der Waals surface area contributed by atoms with Crippen LogP contribution in [0.15, 0.2) is 11.6 Å². The number of methoxy groups -OCH3 is 1. The first-order valence-electron chi connectivity index (χ1n) is 9.55. The lowest BCUT2D eigenvalue weighted by Crippen LogP contribution is -2.56. The zero-order valence-corrected chi connectivity index (χ0v) is 16.1. The summed E-state index contributed by atoms with van der Waals surface area (Å²) in [5.41, 5.74) is -0.232. The highest BCUT2D eigenvalue weighted by Gasteiger charge is 2.55. The zero-order valence-electron chi connectivity index (χ0n) is 15.3. The summed E-state index contributed by atoms with van der Waals surface area (Å²) in [5, 5.41) is 5.18. The Morgan fingerprint density at radius 2 is 1.92 bits per heavy atom. The smallest absolute Gasteiger partial charge is 0.245 e. The molecule has 4 aliphatic rings. The topological polar surface area (TPSA) is 71.5 Å². The molecular weight excluding hydrogens is 350 g/mol. The molecule has 0 aromatic carbocycles. The minimum Gasteiger partial charge on any atom is -0.383 e. The number of anilines is 1. The molecule has 0 spiro atoms. The van der Waals surface area contributed by atoms with Crippen molar-refractivity contribution in [3.8, 4) is 0 Å². The molecule has 1 heterocycles. The molecule has 1 aromatic heterocycles. The van der Waals surface area contributed by atoms with E-state index < -0.39 is 0 Å². The Bertz CT molecular complexity index is 626. The third kappa shape index (κ3) is 3.51. The van der Waals surface area contributed by atoms with Crippen LogP contribution in [0.3, 0.4) is 0 Å². The monoisotopic (exact) mass is 377 g/mol. The van der Waals surface area contributed by atoms with Gasteiger partial charge in [0.2, 0.25) is 11.8 Å². The van der Waals surface area contributed by atoms with Crippen molar-refractivity contribution in [1.82, 2.24) is 9.88 Å². The van der Waals surface area contributed by atoms with Crippen LogP contribution >= 0.6 is 11.3 Å². The van der Waals surface area contributed by atoms with Gasteiger partial charge in [-0.2, -0.15) is 0 Å². The van der Waals surface area contributed by atoms with Crippen LogP contribution in [-0.4, -0.2) is 48.5 Å². The number of amides is 2. The molecule has 7 heteroatoms. The fourth-order valence-electron chi connectivity index (χ4n) is 5.78. The Hall–Kier alpha value is -1.47. The van der Waals surface area contributed by atoms with E-state index in [4.69, 9.17) is 4.74 Å². The standard InChI is InChI=1S/C19H27N3O3S/c1-25-4-3-22(12-16(23)21-18-20-2-5-26-18)17(24)19-9-13-6-14(10-19)8-15(7-13)11-19/h2,5,13-15H,3-4,6-12H2,1H3,(H,20,21,23). The average Bonchev–Trinajstić information content (AvgIpc) is 3.09. The van der Waals surface area contributed by atoms with E-state index in [2.05, 4.69) is 10.3 Å². The van der Waals surface area contributed by atoms with Gasteiger partial charge in [-0.05, 0) is 56.3 Å². The fraction of sp³-hybridized carbons (Fsp3) is 0.737. The van der Waals surface area contributed by atoms with Crippen molar-refractivity contribution in [2.24, 2.45) is 23.2 Å². The highest BCUT2D eigenvalue weighted by Crippen LogP contribution is 2.60. The van der Waals surface area contributed by atoms with Crippen molar-refractivity contribution in [2.45, 2.75) is 38.5 Å². The number of carbonyl (C=O) groups is 2. The molecule has 0 radical (unpaired) electrons. The largest absolute Gasteiger partial charge is 0.383 e. The van der Waals surface area contributed by atoms with Crippen molar-refractivity contribution in [3.63, 3.8) is 0 Å². The molecule has 2 amide bonds. The van der Waals surface area contributed by atoms with Crippen LogP contribution in [0.5, 0.6) is 0 Å². The maximum absolute atomic E-state index is 13.5. The van der Waals surface area contributed by atoms with Gasteiger partial charge in [-0.25, -0.2) is 4.98 Å². The minimum atomic E-state index is -0.232. The average molecular weight is 378 g/mol. The van der Waals surface area contributed by atoms with Crippen molar-refractivity contribution in [1.29, 1.82) is 0 Å². The van der Waals surface area contributed by atoms with Gasteiger partial charge in [-0.15, -0.1) is 11.3 Å². The second-order valence-electron chi connectivity index (χ2n) is 8.30. The Kier molecular flexibility index (Phi) is 5.01. The maximum Gasteiger partial charge on any atom is 0.245 e. The predicted molar refractivity (Wildman–Crippen MR) is 99.8 cm³/mol. The molecule has 1 N–H and O–H groups in total. The SMILES string of the molecule is COCCN(CC(=O)Nc1nccs1)C(=O)C12CC3CC(CC(C3)C1)C2. The number of ether oxygens (including phenoxy) is 1. The van der Waals surface area contributed by atoms with Crippen LogP contribution in [0.25, 0.3) is 0 Å². The van der Waals surface area contributed by atoms with E-state index >= 15 is 0 Å². The second kappa shape index (κ2) is 7.27. The number of nitrogens with one attached hydrogen (secondary N) is 1. The maximum atomic E-state index is 13.5. The van der Waals surface area contributed by atoms with Gasteiger partial charge >= 0.3 is 0 Å². The third-order valence-corrected chi connectivity index (χ3v) is 7.05.